The van der Waals surface area contributed by atoms with Gasteiger partial charge in [-0.2, -0.15) is 0 Å². The quantitative estimate of drug-likeness (QED) is 0.0161. The topological polar surface area (TPSA) is 387 Å². The van der Waals surface area contributed by atoms with Crippen molar-refractivity contribution in [2.24, 2.45) is 0 Å². The number of fused-ring (bicyclic) bond motifs is 2. The number of carbonyl (C=O) groups excluding carboxylic acids is 4. The molecule has 1 heterocycles. The van der Waals surface area contributed by atoms with Gasteiger partial charge in [0.05, 0.1) is 10.3 Å². The third-order valence-electron chi connectivity index (χ3n) is 12.4. The van der Waals surface area contributed by atoms with Crippen molar-refractivity contribution in [2.45, 2.75) is 145 Å². The largest absolute Gasteiger partial charge is 0.481 e. The van der Waals surface area contributed by atoms with Gasteiger partial charge in [-0.3, -0.25) is 19.2 Å². The summed E-state index contributed by atoms with van der Waals surface area (Å²) in [6.45, 7) is 0.836. The lowest BCUT2D eigenvalue weighted by Gasteiger charge is -2.18. The summed E-state index contributed by atoms with van der Waals surface area (Å²) in [5.41, 5.74) is 9.46. The van der Waals surface area contributed by atoms with E-state index in [4.69, 9.17) is 20.7 Å². The minimum Gasteiger partial charge on any atom is -0.481 e. The molecule has 0 spiro atoms. The normalized spacial score (nSPS) is 12.5. The van der Waals surface area contributed by atoms with Gasteiger partial charge in [-0.15, -0.1) is 0 Å². The van der Waals surface area contributed by atoms with Crippen LogP contribution in [0.3, 0.4) is 0 Å². The number of anilines is 1. The number of aliphatic carboxylic acids is 4. The van der Waals surface area contributed by atoms with E-state index in [9.17, 15) is 62.1 Å². The molecule has 0 fully saturated rings. The SMILES string of the molecule is N=c1ccc2c(-c3ccc(S(=O)(=O)NCCCCCCC(=O)NCCCCC(NC(=O)CCCCCCC(=O)NCCCC[C@H](NC(=O)N[C@@H](CCC(=O)O)C(=O)O)C(=O)O)C(=O)O)cc3)c3ccc(N)cc3oc-2c1. The number of nitrogens with two attached hydrogens (primary N) is 1. The summed E-state index contributed by atoms with van der Waals surface area (Å²) in [4.78, 5) is 94.7. The van der Waals surface area contributed by atoms with Gasteiger partial charge in [0.1, 0.15) is 29.5 Å². The number of rotatable bonds is 36. The van der Waals surface area contributed by atoms with Crippen LogP contribution in [-0.4, -0.2) is 114 Å². The molecule has 0 aromatic heterocycles. The van der Waals surface area contributed by atoms with Gasteiger partial charge in [-0.25, -0.2) is 32.3 Å². The number of urea groups is 1. The molecule has 1 aliphatic carbocycles. The number of hydrogen-bond donors (Lipinski definition) is 12. The zero-order valence-corrected chi connectivity index (χ0v) is 43.1. The minimum atomic E-state index is -3.78. The summed E-state index contributed by atoms with van der Waals surface area (Å²) in [5.74, 6) is -5.47. The Kier molecular flexibility index (Phi) is 25.1. The van der Waals surface area contributed by atoms with E-state index >= 15 is 0 Å². The second-order valence-electron chi connectivity index (χ2n) is 18.4. The third kappa shape index (κ3) is 21.3. The van der Waals surface area contributed by atoms with Gasteiger partial charge in [0.2, 0.25) is 27.7 Å². The number of nitrogens with one attached hydrogen (secondary N) is 7. The van der Waals surface area contributed by atoms with Crippen molar-refractivity contribution in [1.29, 1.82) is 5.41 Å². The number of carboxylic acids is 4. The molecule has 2 aromatic rings. The van der Waals surface area contributed by atoms with Crippen LogP contribution < -0.4 is 42.4 Å². The highest BCUT2D eigenvalue weighted by atomic mass is 32.2. The van der Waals surface area contributed by atoms with Crippen LogP contribution in [0.1, 0.15) is 122 Å². The molecule has 24 heteroatoms. The van der Waals surface area contributed by atoms with Crippen LogP contribution >= 0.6 is 0 Å². The van der Waals surface area contributed by atoms with Crippen LogP contribution in [-0.2, 0) is 43.6 Å². The third-order valence-corrected chi connectivity index (χ3v) is 13.8. The van der Waals surface area contributed by atoms with Gasteiger partial charge in [-0.05, 0) is 113 Å². The molecule has 0 saturated heterocycles. The van der Waals surface area contributed by atoms with Crippen LogP contribution in [0, 0.1) is 5.41 Å². The monoisotopic (exact) mass is 1080 g/mol. The Labute approximate surface area is 440 Å². The summed E-state index contributed by atoms with van der Waals surface area (Å²) in [5, 5.41) is 58.4. The van der Waals surface area contributed by atoms with Crippen LogP contribution in [0.15, 0.2) is 70.0 Å². The predicted octanol–water partition coefficient (Wildman–Crippen LogP) is 5.05. The first-order valence-corrected chi connectivity index (χ1v) is 26.9. The van der Waals surface area contributed by atoms with Gasteiger partial charge < -0.3 is 62.6 Å². The molecular formula is C52H70N8O15S. The van der Waals surface area contributed by atoms with Crippen LogP contribution in [0.5, 0.6) is 0 Å². The summed E-state index contributed by atoms with van der Waals surface area (Å²) in [6, 6.07) is 12.0. The zero-order chi connectivity index (χ0) is 55.6. The van der Waals surface area contributed by atoms with E-state index in [2.05, 4.69) is 31.3 Å². The Bertz CT molecular complexity index is 2770. The molecule has 0 bridgehead atoms. The van der Waals surface area contributed by atoms with E-state index in [1.807, 2.05) is 12.1 Å². The molecular weight excluding hydrogens is 1010 g/mol. The van der Waals surface area contributed by atoms with Gasteiger partial charge in [0, 0.05) is 79.7 Å². The number of carbonyl (C=O) groups is 8. The number of nitrogen functional groups attached to an aromatic ring is 1. The first kappa shape index (κ1) is 61.0. The van der Waals surface area contributed by atoms with Crippen molar-refractivity contribution in [3.63, 3.8) is 0 Å². The average Bonchev–Trinajstić information content (AvgIpc) is 3.36. The van der Waals surface area contributed by atoms with E-state index in [0.717, 1.165) is 28.5 Å². The molecule has 0 saturated carbocycles. The van der Waals surface area contributed by atoms with E-state index < -0.39 is 70.4 Å². The lowest BCUT2D eigenvalue weighted by molar-refractivity contribution is -0.142. The highest BCUT2D eigenvalue weighted by molar-refractivity contribution is 7.89. The molecule has 13 N–H and O–H groups in total. The summed E-state index contributed by atoms with van der Waals surface area (Å²) < 4.78 is 34.9. The molecule has 0 radical (unpaired) electrons. The molecule has 4 rings (SSSR count). The maximum Gasteiger partial charge on any atom is 0.326 e. The second-order valence-corrected chi connectivity index (χ2v) is 20.2. The predicted molar refractivity (Wildman–Crippen MR) is 279 cm³/mol. The molecule has 5 amide bonds. The van der Waals surface area contributed by atoms with Crippen molar-refractivity contribution in [2.75, 3.05) is 25.4 Å². The fourth-order valence-electron chi connectivity index (χ4n) is 8.24. The molecule has 1 unspecified atom stereocenters. The van der Waals surface area contributed by atoms with Crippen molar-refractivity contribution < 1.29 is 71.6 Å². The molecule has 76 heavy (non-hydrogen) atoms. The van der Waals surface area contributed by atoms with E-state index in [-0.39, 0.29) is 61.9 Å². The molecule has 2 aliphatic rings. The van der Waals surface area contributed by atoms with E-state index in [1.54, 1.807) is 48.5 Å². The smallest absolute Gasteiger partial charge is 0.326 e. The van der Waals surface area contributed by atoms with Crippen molar-refractivity contribution in [3.05, 3.63) is 66.0 Å². The first-order valence-electron chi connectivity index (χ1n) is 25.4. The Morgan fingerprint density at radius 3 is 1.62 bits per heavy atom. The Balaban J connectivity index is 0.993. The molecule has 3 atom stereocenters. The van der Waals surface area contributed by atoms with E-state index in [1.165, 1.54) is 0 Å². The van der Waals surface area contributed by atoms with Crippen LogP contribution in [0.4, 0.5) is 10.5 Å². The summed E-state index contributed by atoms with van der Waals surface area (Å²) in [6.07, 6.45) is 6.57. The first-order chi connectivity index (χ1) is 36.2. The molecule has 1 aliphatic heterocycles. The van der Waals surface area contributed by atoms with Crippen molar-refractivity contribution in [3.8, 4) is 22.5 Å². The zero-order valence-electron chi connectivity index (χ0n) is 42.3. The van der Waals surface area contributed by atoms with Crippen LogP contribution in [0.25, 0.3) is 33.4 Å². The minimum absolute atomic E-state index is 0.00394. The lowest BCUT2D eigenvalue weighted by Crippen LogP contribution is -2.51. The van der Waals surface area contributed by atoms with E-state index in [0.29, 0.717) is 106 Å². The number of unbranched alkanes of at least 4 members (excludes halogenated alkanes) is 8. The Morgan fingerprint density at radius 2 is 1.07 bits per heavy atom. The van der Waals surface area contributed by atoms with Gasteiger partial charge >= 0.3 is 29.9 Å². The summed E-state index contributed by atoms with van der Waals surface area (Å²) >= 11 is 0. The summed E-state index contributed by atoms with van der Waals surface area (Å²) in [7, 11) is -3.78. The Hall–Kier alpha value is -7.60. The second kappa shape index (κ2) is 31.3. The lowest BCUT2D eigenvalue weighted by atomic mass is 9.93. The number of hydrogen-bond acceptors (Lipinski definition) is 13. The van der Waals surface area contributed by atoms with Crippen molar-refractivity contribution >= 4 is 74.3 Å². The maximum atomic E-state index is 13.1. The highest BCUT2D eigenvalue weighted by Crippen LogP contribution is 2.40. The highest BCUT2D eigenvalue weighted by Gasteiger charge is 2.25. The Morgan fingerprint density at radius 1 is 0.553 bits per heavy atom. The number of amides is 5. The molecule has 2 aromatic carbocycles. The number of benzene rings is 3. The van der Waals surface area contributed by atoms with Crippen molar-refractivity contribution in [1.82, 2.24) is 31.3 Å². The fraction of sp³-hybridized carbons (Fsp3) is 0.481. The molecule has 414 valence electrons. The fourth-order valence-corrected chi connectivity index (χ4v) is 9.32. The average molecular weight is 1080 g/mol. The number of sulfonamides is 1. The number of carboxylic acid groups (broad SMARTS) is 4. The standard InChI is InChI=1S/C52H70N8O15S/c53-34-20-24-37-42(31-34)75-43-32-35(54)21-25-38(43)48(37)33-18-22-36(23-19-33)76(73,74)57-30-10-4-3-6-16-45(62)55-28-11-8-13-39(49(66)67)58-46(63)17-7-2-1-5-15-44(61)56-29-12-9-14-40(50(68)69)59-52(72)60-41(51(70)71)26-27-47(64)65/h18-25,31-32,39-41,53,57H,1-17,26-30,54H2,(H,55,62)(H,56,61)(H,58,63)(H,64,65)(H,66,67)(H,68,69)(H,70,71)(H2,59,60,72)/t39?,40-,41-/m0/s1. The van der Waals surface area contributed by atoms with Crippen LogP contribution in [0.2, 0.25) is 0 Å². The van der Waals surface area contributed by atoms with Gasteiger partial charge in [-0.1, -0.05) is 37.8 Å². The van der Waals surface area contributed by atoms with Gasteiger partial charge in [0.15, 0.2) is 0 Å². The molecule has 23 nitrogen and oxygen atoms in total. The van der Waals surface area contributed by atoms with Gasteiger partial charge in [0.25, 0.3) is 0 Å². The maximum absolute atomic E-state index is 13.1.